The number of aryl methyl sites for hydroxylation is 2. The molecule has 0 aliphatic rings. The molecule has 0 bridgehead atoms. The lowest BCUT2D eigenvalue weighted by Gasteiger charge is -2.09. The number of aromatic nitrogens is 3. The van der Waals surface area contributed by atoms with Crippen LogP contribution in [-0.4, -0.2) is 27.0 Å². The van der Waals surface area contributed by atoms with E-state index < -0.39 is 0 Å². The standard InChI is InChI=1S/C17H18N4OS/c1-13-15(3-4-16(20-13)14-5-10-23-11-14)17(22)19-6-2-8-21-9-7-18-12-21/h3-5,7,9-12H,2,6,8H2,1H3,(H,19,22). The van der Waals surface area contributed by atoms with Gasteiger partial charge in [0.05, 0.1) is 23.3 Å². The molecule has 3 heterocycles. The second kappa shape index (κ2) is 7.19. The first-order valence-electron chi connectivity index (χ1n) is 7.48. The molecule has 0 aliphatic heterocycles. The molecule has 0 radical (unpaired) electrons. The molecule has 6 heteroatoms. The number of hydrogen-bond acceptors (Lipinski definition) is 4. The Morgan fingerprint density at radius 3 is 2.96 bits per heavy atom. The molecule has 0 saturated carbocycles. The third-order valence-electron chi connectivity index (χ3n) is 3.59. The Bertz CT molecular complexity index is 766. The van der Waals surface area contributed by atoms with Crippen molar-refractivity contribution >= 4 is 17.2 Å². The number of imidazole rings is 1. The van der Waals surface area contributed by atoms with Gasteiger partial charge in [-0.1, -0.05) is 0 Å². The summed E-state index contributed by atoms with van der Waals surface area (Å²) in [7, 11) is 0. The van der Waals surface area contributed by atoms with Gasteiger partial charge in [0.2, 0.25) is 0 Å². The second-order valence-corrected chi connectivity index (χ2v) is 6.03. The van der Waals surface area contributed by atoms with E-state index in [4.69, 9.17) is 0 Å². The molecule has 0 spiro atoms. The van der Waals surface area contributed by atoms with Crippen LogP contribution in [0.4, 0.5) is 0 Å². The fourth-order valence-electron chi connectivity index (χ4n) is 2.35. The summed E-state index contributed by atoms with van der Waals surface area (Å²) in [5, 5.41) is 7.02. The SMILES string of the molecule is Cc1nc(-c2ccsc2)ccc1C(=O)NCCCn1ccnc1. The average molecular weight is 326 g/mol. The molecule has 1 amide bonds. The molecule has 0 saturated heterocycles. The van der Waals surface area contributed by atoms with Crippen molar-refractivity contribution in [1.29, 1.82) is 0 Å². The fraction of sp³-hybridized carbons (Fsp3) is 0.235. The minimum absolute atomic E-state index is 0.0718. The van der Waals surface area contributed by atoms with E-state index in [1.165, 1.54) is 0 Å². The predicted molar refractivity (Wildman–Crippen MR) is 91.5 cm³/mol. The summed E-state index contributed by atoms with van der Waals surface area (Å²) >= 11 is 1.64. The molecule has 0 aliphatic carbocycles. The van der Waals surface area contributed by atoms with Crippen molar-refractivity contribution in [2.75, 3.05) is 6.54 Å². The highest BCUT2D eigenvalue weighted by Crippen LogP contribution is 2.21. The molecule has 3 rings (SSSR count). The highest BCUT2D eigenvalue weighted by molar-refractivity contribution is 7.08. The summed E-state index contributed by atoms with van der Waals surface area (Å²) in [5.41, 5.74) is 3.37. The summed E-state index contributed by atoms with van der Waals surface area (Å²) in [6.45, 7) is 3.34. The number of nitrogens with one attached hydrogen (secondary N) is 1. The Morgan fingerprint density at radius 2 is 2.26 bits per heavy atom. The van der Waals surface area contributed by atoms with E-state index in [2.05, 4.69) is 20.7 Å². The summed E-state index contributed by atoms with van der Waals surface area (Å²) in [4.78, 5) is 20.8. The largest absolute Gasteiger partial charge is 0.352 e. The fourth-order valence-corrected chi connectivity index (χ4v) is 3.00. The van der Waals surface area contributed by atoms with E-state index in [-0.39, 0.29) is 5.91 Å². The van der Waals surface area contributed by atoms with Crippen molar-refractivity contribution in [3.05, 3.63) is 58.9 Å². The van der Waals surface area contributed by atoms with Gasteiger partial charge in [0.15, 0.2) is 0 Å². The van der Waals surface area contributed by atoms with Crippen LogP contribution in [0.5, 0.6) is 0 Å². The molecule has 23 heavy (non-hydrogen) atoms. The average Bonchev–Trinajstić information content (AvgIpc) is 3.24. The molecule has 0 fully saturated rings. The number of pyridine rings is 1. The van der Waals surface area contributed by atoms with E-state index in [1.807, 2.05) is 41.3 Å². The van der Waals surface area contributed by atoms with Gasteiger partial charge in [-0.05, 0) is 36.9 Å². The number of thiophene rings is 1. The molecule has 3 aromatic heterocycles. The van der Waals surface area contributed by atoms with Crippen molar-refractivity contribution < 1.29 is 4.79 Å². The van der Waals surface area contributed by atoms with Crippen molar-refractivity contribution in [2.24, 2.45) is 0 Å². The first kappa shape index (κ1) is 15.4. The lowest BCUT2D eigenvalue weighted by molar-refractivity contribution is 0.0951. The minimum Gasteiger partial charge on any atom is -0.352 e. The monoisotopic (exact) mass is 326 g/mol. The van der Waals surface area contributed by atoms with Gasteiger partial charge in [-0.3, -0.25) is 9.78 Å². The molecule has 5 nitrogen and oxygen atoms in total. The molecule has 0 unspecified atom stereocenters. The topological polar surface area (TPSA) is 59.8 Å². The number of hydrogen-bond donors (Lipinski definition) is 1. The molecule has 3 aromatic rings. The van der Waals surface area contributed by atoms with Crippen LogP contribution in [0.1, 0.15) is 22.5 Å². The van der Waals surface area contributed by atoms with E-state index in [0.717, 1.165) is 29.9 Å². The maximum atomic E-state index is 12.3. The first-order valence-corrected chi connectivity index (χ1v) is 8.42. The maximum absolute atomic E-state index is 12.3. The van der Waals surface area contributed by atoms with Crippen molar-refractivity contribution in [2.45, 2.75) is 19.9 Å². The molecule has 1 N–H and O–H groups in total. The Labute approximate surface area is 139 Å². The number of nitrogens with zero attached hydrogens (tertiary/aromatic N) is 3. The van der Waals surface area contributed by atoms with Gasteiger partial charge < -0.3 is 9.88 Å². The van der Waals surface area contributed by atoms with Crippen LogP contribution in [0.15, 0.2) is 47.7 Å². The van der Waals surface area contributed by atoms with Gasteiger partial charge in [0, 0.05) is 36.4 Å². The van der Waals surface area contributed by atoms with Gasteiger partial charge in [0.1, 0.15) is 0 Å². The Hall–Kier alpha value is -2.47. The van der Waals surface area contributed by atoms with Gasteiger partial charge >= 0.3 is 0 Å². The van der Waals surface area contributed by atoms with Crippen LogP contribution in [0.3, 0.4) is 0 Å². The van der Waals surface area contributed by atoms with Crippen molar-refractivity contribution in [1.82, 2.24) is 19.9 Å². The Kier molecular flexibility index (Phi) is 4.83. The van der Waals surface area contributed by atoms with Gasteiger partial charge in [0.25, 0.3) is 5.91 Å². The maximum Gasteiger partial charge on any atom is 0.253 e. The van der Waals surface area contributed by atoms with Crippen LogP contribution in [0, 0.1) is 6.92 Å². The zero-order valence-corrected chi connectivity index (χ0v) is 13.7. The normalized spacial score (nSPS) is 10.7. The summed E-state index contributed by atoms with van der Waals surface area (Å²) < 4.78 is 1.99. The van der Waals surface area contributed by atoms with Crippen LogP contribution in [0.2, 0.25) is 0 Å². The third kappa shape index (κ3) is 3.84. The van der Waals surface area contributed by atoms with Crippen LogP contribution in [-0.2, 0) is 6.54 Å². The third-order valence-corrected chi connectivity index (χ3v) is 4.27. The molecule has 118 valence electrons. The number of carbonyl (C=O) groups is 1. The van der Waals surface area contributed by atoms with Crippen LogP contribution >= 0.6 is 11.3 Å². The Balaban J connectivity index is 1.56. The van der Waals surface area contributed by atoms with Gasteiger partial charge in [-0.2, -0.15) is 11.3 Å². The molecule has 0 aromatic carbocycles. The van der Waals surface area contributed by atoms with Crippen LogP contribution in [0.25, 0.3) is 11.3 Å². The van der Waals surface area contributed by atoms with Crippen molar-refractivity contribution in [3.63, 3.8) is 0 Å². The molecular formula is C17H18N4OS. The highest BCUT2D eigenvalue weighted by Gasteiger charge is 2.11. The lowest BCUT2D eigenvalue weighted by atomic mass is 10.1. The van der Waals surface area contributed by atoms with E-state index in [1.54, 1.807) is 23.9 Å². The van der Waals surface area contributed by atoms with Crippen molar-refractivity contribution in [3.8, 4) is 11.3 Å². The van der Waals surface area contributed by atoms with E-state index >= 15 is 0 Å². The number of rotatable bonds is 6. The van der Waals surface area contributed by atoms with Gasteiger partial charge in [-0.15, -0.1) is 0 Å². The molecular weight excluding hydrogens is 308 g/mol. The zero-order valence-electron chi connectivity index (χ0n) is 12.9. The van der Waals surface area contributed by atoms with Crippen LogP contribution < -0.4 is 5.32 Å². The number of carbonyl (C=O) groups excluding carboxylic acids is 1. The number of amides is 1. The minimum atomic E-state index is -0.0718. The summed E-state index contributed by atoms with van der Waals surface area (Å²) in [6, 6.07) is 5.78. The summed E-state index contributed by atoms with van der Waals surface area (Å²) in [6.07, 6.45) is 6.31. The highest BCUT2D eigenvalue weighted by atomic mass is 32.1. The first-order chi connectivity index (χ1) is 11.2. The summed E-state index contributed by atoms with van der Waals surface area (Å²) in [5.74, 6) is -0.0718. The second-order valence-electron chi connectivity index (χ2n) is 5.25. The van der Waals surface area contributed by atoms with Gasteiger partial charge in [-0.25, -0.2) is 4.98 Å². The van der Waals surface area contributed by atoms with E-state index in [0.29, 0.717) is 12.1 Å². The smallest absolute Gasteiger partial charge is 0.253 e. The zero-order chi connectivity index (χ0) is 16.1. The lowest BCUT2D eigenvalue weighted by Crippen LogP contribution is -2.26. The predicted octanol–water partition coefficient (Wildman–Crippen LogP) is 3.14. The van der Waals surface area contributed by atoms with E-state index in [9.17, 15) is 4.79 Å². The molecule has 0 atom stereocenters. The quantitative estimate of drug-likeness (QED) is 0.708. The Morgan fingerprint density at radius 1 is 1.35 bits per heavy atom.